The normalized spacial score (nSPS) is 12.0. The smallest absolute Gasteiger partial charge is 0.326 e. The van der Waals surface area contributed by atoms with Crippen molar-refractivity contribution >= 4 is 11.9 Å². The molecule has 0 aliphatic rings. The molecule has 1 heterocycles. The van der Waals surface area contributed by atoms with Crippen LogP contribution in [0.1, 0.15) is 30.3 Å². The number of carbonyl (C=O) groups is 2. The fraction of sp³-hybridized carbons (Fsp3) is 0.353. The van der Waals surface area contributed by atoms with Crippen LogP contribution in [0.4, 0.5) is 0 Å². The number of nitrogens with zero attached hydrogens (tertiary/aromatic N) is 2. The van der Waals surface area contributed by atoms with E-state index in [0.717, 1.165) is 22.6 Å². The fourth-order valence-corrected chi connectivity index (χ4v) is 2.50. The van der Waals surface area contributed by atoms with E-state index in [1.807, 2.05) is 44.2 Å². The third kappa shape index (κ3) is 3.77. The monoisotopic (exact) mass is 315 g/mol. The van der Waals surface area contributed by atoms with Gasteiger partial charge in [0.05, 0.1) is 17.8 Å². The Kier molecular flexibility index (Phi) is 5.16. The number of aliphatic carboxylic acids is 1. The maximum Gasteiger partial charge on any atom is 0.326 e. The minimum absolute atomic E-state index is 0.119. The van der Waals surface area contributed by atoms with Crippen LogP contribution in [0.15, 0.2) is 30.3 Å². The molecule has 1 amide bonds. The molecule has 6 heteroatoms. The van der Waals surface area contributed by atoms with Crippen molar-refractivity contribution in [1.82, 2.24) is 15.1 Å². The van der Waals surface area contributed by atoms with Crippen LogP contribution >= 0.6 is 0 Å². The first-order valence-corrected chi connectivity index (χ1v) is 7.56. The van der Waals surface area contributed by atoms with Crippen molar-refractivity contribution < 1.29 is 14.7 Å². The van der Waals surface area contributed by atoms with Crippen molar-refractivity contribution in [3.8, 4) is 5.69 Å². The van der Waals surface area contributed by atoms with E-state index in [9.17, 15) is 9.59 Å². The van der Waals surface area contributed by atoms with Gasteiger partial charge in [-0.3, -0.25) is 4.79 Å². The third-order valence-corrected chi connectivity index (χ3v) is 3.82. The van der Waals surface area contributed by atoms with Gasteiger partial charge in [-0.05, 0) is 32.4 Å². The van der Waals surface area contributed by atoms with Crippen molar-refractivity contribution in [2.24, 2.45) is 0 Å². The molecular formula is C17H21N3O3. The third-order valence-electron chi connectivity index (χ3n) is 3.82. The van der Waals surface area contributed by atoms with Crippen LogP contribution in [0.25, 0.3) is 5.69 Å². The summed E-state index contributed by atoms with van der Waals surface area (Å²) in [5.74, 6) is -1.33. The van der Waals surface area contributed by atoms with Crippen LogP contribution < -0.4 is 5.32 Å². The highest BCUT2D eigenvalue weighted by Gasteiger charge is 2.20. The Labute approximate surface area is 135 Å². The van der Waals surface area contributed by atoms with Gasteiger partial charge < -0.3 is 10.4 Å². The second-order valence-corrected chi connectivity index (χ2v) is 5.44. The van der Waals surface area contributed by atoms with E-state index >= 15 is 0 Å². The van der Waals surface area contributed by atoms with E-state index < -0.39 is 12.0 Å². The molecule has 0 aliphatic heterocycles. The van der Waals surface area contributed by atoms with Gasteiger partial charge in [0, 0.05) is 11.3 Å². The second kappa shape index (κ2) is 7.09. The number of carbonyl (C=O) groups excluding carboxylic acids is 1. The Morgan fingerprint density at radius 2 is 1.91 bits per heavy atom. The minimum atomic E-state index is -1.02. The lowest BCUT2D eigenvalue weighted by molar-refractivity contribution is -0.141. The molecule has 0 saturated heterocycles. The molecular weight excluding hydrogens is 294 g/mol. The summed E-state index contributed by atoms with van der Waals surface area (Å²) in [5, 5.41) is 16.0. The van der Waals surface area contributed by atoms with Crippen molar-refractivity contribution in [3.63, 3.8) is 0 Å². The lowest BCUT2D eigenvalue weighted by atomic mass is 10.1. The lowest BCUT2D eigenvalue weighted by Crippen LogP contribution is -2.41. The summed E-state index contributed by atoms with van der Waals surface area (Å²) >= 11 is 0. The van der Waals surface area contributed by atoms with E-state index in [2.05, 4.69) is 10.4 Å². The Morgan fingerprint density at radius 1 is 1.26 bits per heavy atom. The van der Waals surface area contributed by atoms with Crippen molar-refractivity contribution in [2.75, 3.05) is 0 Å². The molecule has 1 aromatic carbocycles. The number of carboxylic acids is 1. The quantitative estimate of drug-likeness (QED) is 0.854. The fourth-order valence-electron chi connectivity index (χ4n) is 2.50. The minimum Gasteiger partial charge on any atom is -0.480 e. The number of rotatable bonds is 6. The lowest BCUT2D eigenvalue weighted by Gasteiger charge is -2.12. The van der Waals surface area contributed by atoms with Crippen LogP contribution in [0, 0.1) is 13.8 Å². The maximum atomic E-state index is 12.1. The van der Waals surface area contributed by atoms with E-state index in [4.69, 9.17) is 5.11 Å². The van der Waals surface area contributed by atoms with E-state index in [0.29, 0.717) is 6.42 Å². The number of aromatic nitrogens is 2. The van der Waals surface area contributed by atoms with Crippen LogP contribution in [0.2, 0.25) is 0 Å². The van der Waals surface area contributed by atoms with Crippen LogP contribution in [-0.4, -0.2) is 32.8 Å². The average Bonchev–Trinajstić information content (AvgIpc) is 2.81. The Balaban J connectivity index is 2.20. The van der Waals surface area contributed by atoms with Crippen LogP contribution in [0.5, 0.6) is 0 Å². The first-order valence-electron chi connectivity index (χ1n) is 7.56. The van der Waals surface area contributed by atoms with Gasteiger partial charge in [-0.15, -0.1) is 0 Å². The van der Waals surface area contributed by atoms with E-state index in [-0.39, 0.29) is 12.3 Å². The van der Waals surface area contributed by atoms with Crippen LogP contribution in [-0.2, 0) is 16.0 Å². The molecule has 0 spiro atoms. The largest absolute Gasteiger partial charge is 0.480 e. The first kappa shape index (κ1) is 16.7. The highest BCUT2D eigenvalue weighted by molar-refractivity contribution is 5.85. The van der Waals surface area contributed by atoms with E-state index in [1.165, 1.54) is 0 Å². The molecule has 0 radical (unpaired) electrons. The average molecular weight is 315 g/mol. The van der Waals surface area contributed by atoms with Crippen molar-refractivity contribution in [3.05, 3.63) is 47.3 Å². The molecule has 1 aromatic heterocycles. The predicted octanol–water partition coefficient (Wildman–Crippen LogP) is 2.01. The predicted molar refractivity (Wildman–Crippen MR) is 86.6 cm³/mol. The Morgan fingerprint density at radius 3 is 2.48 bits per heavy atom. The Hall–Kier alpha value is -2.63. The summed E-state index contributed by atoms with van der Waals surface area (Å²) < 4.78 is 1.80. The number of carboxylic acid groups (broad SMARTS) is 1. The number of hydrogen-bond donors (Lipinski definition) is 2. The van der Waals surface area contributed by atoms with Gasteiger partial charge in [0.1, 0.15) is 6.04 Å². The second-order valence-electron chi connectivity index (χ2n) is 5.44. The molecule has 2 N–H and O–H groups in total. The number of amides is 1. The number of nitrogens with one attached hydrogen (secondary N) is 1. The SMILES string of the molecule is CC[C@H](NC(=O)Cc1c(C)nn(-c2ccccc2)c1C)C(=O)O. The van der Waals surface area contributed by atoms with Gasteiger partial charge in [0.25, 0.3) is 0 Å². The van der Waals surface area contributed by atoms with Gasteiger partial charge in [-0.25, -0.2) is 9.48 Å². The summed E-state index contributed by atoms with van der Waals surface area (Å²) in [4.78, 5) is 23.1. The number of benzene rings is 1. The molecule has 23 heavy (non-hydrogen) atoms. The zero-order chi connectivity index (χ0) is 17.0. The zero-order valence-electron chi connectivity index (χ0n) is 13.5. The molecule has 2 aromatic rings. The van der Waals surface area contributed by atoms with Gasteiger partial charge in [-0.2, -0.15) is 5.10 Å². The first-order chi connectivity index (χ1) is 10.9. The summed E-state index contributed by atoms with van der Waals surface area (Å²) in [7, 11) is 0. The Bertz CT molecular complexity index is 707. The molecule has 0 bridgehead atoms. The maximum absolute atomic E-state index is 12.1. The van der Waals surface area contributed by atoms with Gasteiger partial charge in [-0.1, -0.05) is 25.1 Å². The van der Waals surface area contributed by atoms with Crippen molar-refractivity contribution in [2.45, 2.75) is 39.7 Å². The highest BCUT2D eigenvalue weighted by atomic mass is 16.4. The standard InChI is InChI=1S/C17H21N3O3/c1-4-15(17(22)23)18-16(21)10-14-11(2)19-20(12(14)3)13-8-6-5-7-9-13/h5-9,15H,4,10H2,1-3H3,(H,18,21)(H,22,23)/t15-/m0/s1. The zero-order valence-corrected chi connectivity index (χ0v) is 13.5. The summed E-state index contributed by atoms with van der Waals surface area (Å²) in [6.45, 7) is 5.48. The molecule has 0 aliphatic carbocycles. The molecule has 0 unspecified atom stereocenters. The van der Waals surface area contributed by atoms with Crippen LogP contribution in [0.3, 0.4) is 0 Å². The molecule has 0 fully saturated rings. The highest BCUT2D eigenvalue weighted by Crippen LogP contribution is 2.18. The summed E-state index contributed by atoms with van der Waals surface area (Å²) in [6.07, 6.45) is 0.469. The molecule has 1 atom stereocenters. The molecule has 0 saturated carbocycles. The van der Waals surface area contributed by atoms with Crippen molar-refractivity contribution in [1.29, 1.82) is 0 Å². The summed E-state index contributed by atoms with van der Waals surface area (Å²) in [5.41, 5.74) is 3.40. The van der Waals surface area contributed by atoms with E-state index in [1.54, 1.807) is 11.6 Å². The summed E-state index contributed by atoms with van der Waals surface area (Å²) in [6, 6.07) is 8.82. The molecule has 2 rings (SSSR count). The molecule has 122 valence electrons. The topological polar surface area (TPSA) is 84.2 Å². The number of para-hydroxylation sites is 1. The number of hydrogen-bond acceptors (Lipinski definition) is 3. The van der Waals surface area contributed by atoms with Gasteiger partial charge in [0.15, 0.2) is 0 Å². The van der Waals surface area contributed by atoms with Gasteiger partial charge >= 0.3 is 5.97 Å². The number of aryl methyl sites for hydroxylation is 1. The molecule has 6 nitrogen and oxygen atoms in total. The van der Waals surface area contributed by atoms with Gasteiger partial charge in [0.2, 0.25) is 5.91 Å².